The van der Waals surface area contributed by atoms with Gasteiger partial charge in [-0.15, -0.1) is 0 Å². The van der Waals surface area contributed by atoms with E-state index in [9.17, 15) is 39.0 Å². The number of ether oxygens (including phenoxy) is 6. The Morgan fingerprint density at radius 3 is 2.30 bits per heavy atom. The van der Waals surface area contributed by atoms with Gasteiger partial charge in [-0.25, -0.2) is 4.79 Å². The molecule has 0 aromatic heterocycles. The highest BCUT2D eigenvalue weighted by atomic mass is 16.6. The number of fused-ring (bicyclic) bond motifs is 3. The maximum atomic E-state index is 14.5. The molecule has 0 spiro atoms. The molecule has 4 rings (SSSR count). The number of allylic oxidation sites excluding steroid dienone is 6. The number of cyclic esters (lactones) is 1. The van der Waals surface area contributed by atoms with E-state index in [1.807, 2.05) is 58.1 Å². The Bertz CT molecular complexity index is 1930. The van der Waals surface area contributed by atoms with Crippen molar-refractivity contribution >= 4 is 35.1 Å². The molecule has 1 aliphatic carbocycles. The summed E-state index contributed by atoms with van der Waals surface area (Å²) in [6, 6.07) is -1.15. The largest absolute Gasteiger partial charge is 0.460 e. The number of carbonyl (C=O) groups excluding carboxylic acids is 6. The number of aliphatic hydroxyl groups is 2. The quantitative estimate of drug-likeness (QED) is 0.0944. The predicted molar refractivity (Wildman–Crippen MR) is 268 cm³/mol. The maximum absolute atomic E-state index is 14.5. The van der Waals surface area contributed by atoms with Crippen LogP contribution in [0, 0.1) is 35.5 Å². The monoisotopic (exact) mass is 999 g/mol. The Morgan fingerprint density at radius 1 is 0.887 bits per heavy atom. The number of amides is 2. The zero-order valence-electron chi connectivity index (χ0n) is 44.4. The third-order valence-corrected chi connectivity index (χ3v) is 15.3. The molecule has 0 radical (unpaired) electrons. The molecule has 3 aliphatic heterocycles. The number of aliphatic hydroxyl groups excluding tert-OH is 1. The van der Waals surface area contributed by atoms with Gasteiger partial charge in [0.15, 0.2) is 5.78 Å². The van der Waals surface area contributed by atoms with E-state index in [4.69, 9.17) is 28.4 Å². The Kier molecular flexibility index (Phi) is 24.0. The molecule has 0 aromatic rings. The van der Waals surface area contributed by atoms with Gasteiger partial charge >= 0.3 is 5.97 Å². The lowest BCUT2D eigenvalue weighted by Crippen LogP contribution is -2.61. The smallest absolute Gasteiger partial charge is 0.329 e. The Balaban J connectivity index is 1.68. The molecule has 2 unspecified atom stereocenters. The lowest BCUT2D eigenvalue weighted by Gasteiger charge is -2.42. The first-order valence-corrected chi connectivity index (χ1v) is 26.0. The number of hydrogen-bond donors (Lipinski definition) is 3. The number of methoxy groups -OCH3 is 3. The molecule has 16 heteroatoms. The van der Waals surface area contributed by atoms with Gasteiger partial charge in [0, 0.05) is 71.9 Å². The molecule has 3 N–H and O–H groups in total. The molecule has 3 heterocycles. The first-order chi connectivity index (χ1) is 33.6. The highest BCUT2D eigenvalue weighted by molar-refractivity contribution is 6.39. The fourth-order valence-corrected chi connectivity index (χ4v) is 10.7. The van der Waals surface area contributed by atoms with Gasteiger partial charge in [-0.05, 0) is 107 Å². The predicted octanol–water partition coefficient (Wildman–Crippen LogP) is 6.34. The SMILES string of the molecule is CO[C@H]1CC2CC[C@@H](C)[C@@](O)(O2)C(=O)C(=O)N2CCCCC2C(=O)O[C@H]([C@H](C)C[C@@H]2CC[C@@H](OCCNC(C)=O)[C@H](OC)C2)CC(=O)[C@H](C)/C=C(\C)[C@@H](O)[C@@H](OC)C(=O)[C@H](C)C[C@H](C)/C=C/C=C/C=C/1C. The van der Waals surface area contributed by atoms with Crippen LogP contribution in [0.3, 0.4) is 0 Å². The number of nitrogens with one attached hydrogen (secondary N) is 1. The summed E-state index contributed by atoms with van der Waals surface area (Å²) in [5.74, 6) is -8.17. The van der Waals surface area contributed by atoms with Crippen molar-refractivity contribution in [3.63, 3.8) is 0 Å². The van der Waals surface area contributed by atoms with Crippen molar-refractivity contribution in [2.45, 2.75) is 187 Å². The molecule has 1 saturated carbocycles. The van der Waals surface area contributed by atoms with Crippen molar-refractivity contribution in [3.8, 4) is 0 Å². The lowest BCUT2D eigenvalue weighted by atomic mass is 9.78. The van der Waals surface area contributed by atoms with E-state index in [-0.39, 0.29) is 66.8 Å². The van der Waals surface area contributed by atoms with Crippen LogP contribution in [-0.2, 0) is 57.2 Å². The van der Waals surface area contributed by atoms with Gasteiger partial charge in [-0.3, -0.25) is 24.0 Å². The van der Waals surface area contributed by atoms with E-state index in [1.54, 1.807) is 41.1 Å². The number of esters is 1. The van der Waals surface area contributed by atoms with E-state index in [0.29, 0.717) is 76.5 Å². The van der Waals surface area contributed by atoms with E-state index in [2.05, 4.69) is 5.32 Å². The first-order valence-electron chi connectivity index (χ1n) is 26.0. The summed E-state index contributed by atoms with van der Waals surface area (Å²) in [5.41, 5.74) is 1.26. The zero-order chi connectivity index (χ0) is 52.6. The fraction of sp³-hybridized carbons (Fsp3) is 0.745. The highest BCUT2D eigenvalue weighted by Gasteiger charge is 2.53. The van der Waals surface area contributed by atoms with Crippen molar-refractivity contribution < 1.29 is 67.4 Å². The van der Waals surface area contributed by atoms with Crippen LogP contribution in [-0.4, -0.2) is 146 Å². The van der Waals surface area contributed by atoms with Crippen LogP contribution in [0.15, 0.2) is 47.6 Å². The van der Waals surface area contributed by atoms with Crippen LogP contribution in [0.1, 0.15) is 132 Å². The van der Waals surface area contributed by atoms with E-state index in [0.717, 1.165) is 12.0 Å². The minimum absolute atomic E-state index is 0.0114. The molecule has 3 fully saturated rings. The number of carbonyl (C=O) groups is 6. The average Bonchev–Trinajstić information content (AvgIpc) is 3.34. The number of nitrogens with zero attached hydrogens (tertiary/aromatic N) is 1. The molecular weight excluding hydrogens is 913 g/mol. The second kappa shape index (κ2) is 28.5. The van der Waals surface area contributed by atoms with Gasteiger partial charge in [0.05, 0.1) is 31.0 Å². The number of rotatable bonds is 10. The lowest BCUT2D eigenvalue weighted by molar-refractivity contribution is -0.265. The van der Waals surface area contributed by atoms with Crippen LogP contribution in [0.2, 0.25) is 0 Å². The normalized spacial score (nSPS) is 37.9. The molecular formula is C55H86N2O14. The summed E-state index contributed by atoms with van der Waals surface area (Å²) in [6.45, 7) is 14.9. The molecule has 2 bridgehead atoms. The molecule has 16 nitrogen and oxygen atoms in total. The van der Waals surface area contributed by atoms with E-state index in [1.165, 1.54) is 18.9 Å². The van der Waals surface area contributed by atoms with Gasteiger partial charge in [-0.1, -0.05) is 71.1 Å². The average molecular weight is 999 g/mol. The Labute approximate surface area is 422 Å². The highest BCUT2D eigenvalue weighted by Crippen LogP contribution is 2.38. The van der Waals surface area contributed by atoms with Crippen molar-refractivity contribution in [3.05, 3.63) is 47.6 Å². The summed E-state index contributed by atoms with van der Waals surface area (Å²) in [5, 5.41) is 26.2. The van der Waals surface area contributed by atoms with Crippen molar-refractivity contribution in [2.24, 2.45) is 35.5 Å². The first kappa shape index (κ1) is 59.7. The molecule has 2 saturated heterocycles. The number of hydrogen-bond acceptors (Lipinski definition) is 14. The summed E-state index contributed by atoms with van der Waals surface area (Å²) in [7, 11) is 4.59. The van der Waals surface area contributed by atoms with Gasteiger partial charge in [0.1, 0.15) is 30.1 Å². The molecule has 15 atom stereocenters. The number of ketones is 3. The van der Waals surface area contributed by atoms with Crippen LogP contribution in [0.5, 0.6) is 0 Å². The van der Waals surface area contributed by atoms with E-state index < -0.39 is 77.8 Å². The number of Topliss-reactive ketones (excluding diaryl/α,β-unsaturated/α-hetero) is 3. The van der Waals surface area contributed by atoms with Gasteiger partial charge in [0.25, 0.3) is 11.7 Å². The second-order valence-corrected chi connectivity index (χ2v) is 20.9. The third kappa shape index (κ3) is 16.8. The summed E-state index contributed by atoms with van der Waals surface area (Å²) in [6.07, 6.45) is 11.9. The molecule has 2 amide bonds. The summed E-state index contributed by atoms with van der Waals surface area (Å²) < 4.78 is 35.9. The van der Waals surface area contributed by atoms with Gasteiger partial charge in [0.2, 0.25) is 11.7 Å². The summed E-state index contributed by atoms with van der Waals surface area (Å²) in [4.78, 5) is 83.7. The third-order valence-electron chi connectivity index (χ3n) is 15.3. The molecule has 4 aliphatic rings. The van der Waals surface area contributed by atoms with Gasteiger partial charge in [-0.2, -0.15) is 0 Å². The standard InChI is InChI=1S/C55H86N2O14/c1-33-17-13-12-14-18-34(2)46(66-9)31-42-22-20-39(7)55(65,71-42)52(62)53(63)57-25-16-15-19-43(57)54(64)70-47(32-44(59)35(3)28-38(6)50(61)51(68-11)49(60)37(5)27-33)36(4)29-41-21-23-45(48(30-41)67-10)69-26-24-56-40(8)58/h12-14,17-18,28,33,35-37,39,41-43,45-48,50-51,61,65H,15-16,19-27,29-32H2,1-11H3,(H,56,58)/b14-12+,17-13+,34-18+,38-28+/t33-,35-,36-,37-,39-,41+,42?,43?,45-,46+,47+,48-,50-,51+,55-/m1/s1. The number of piperidine rings is 1. The molecule has 0 aromatic carbocycles. The zero-order valence-corrected chi connectivity index (χ0v) is 44.4. The topological polar surface area (TPSA) is 214 Å². The van der Waals surface area contributed by atoms with Crippen LogP contribution < -0.4 is 5.32 Å². The van der Waals surface area contributed by atoms with Crippen molar-refractivity contribution in [1.82, 2.24) is 10.2 Å². The Morgan fingerprint density at radius 2 is 1.62 bits per heavy atom. The second-order valence-electron chi connectivity index (χ2n) is 20.9. The van der Waals surface area contributed by atoms with Crippen molar-refractivity contribution in [2.75, 3.05) is 41.0 Å². The van der Waals surface area contributed by atoms with Crippen LogP contribution in [0.25, 0.3) is 0 Å². The summed E-state index contributed by atoms with van der Waals surface area (Å²) >= 11 is 0. The Hall–Kier alpha value is -3.90. The minimum atomic E-state index is -2.44. The van der Waals surface area contributed by atoms with Crippen molar-refractivity contribution in [1.29, 1.82) is 0 Å². The molecule has 400 valence electrons. The van der Waals surface area contributed by atoms with Gasteiger partial charge < -0.3 is 48.9 Å². The van der Waals surface area contributed by atoms with Crippen LogP contribution >= 0.6 is 0 Å². The minimum Gasteiger partial charge on any atom is -0.460 e. The molecule has 71 heavy (non-hydrogen) atoms. The maximum Gasteiger partial charge on any atom is 0.329 e. The van der Waals surface area contributed by atoms with E-state index >= 15 is 0 Å². The van der Waals surface area contributed by atoms with Crippen LogP contribution in [0.4, 0.5) is 0 Å². The fourth-order valence-electron chi connectivity index (χ4n) is 10.7.